The van der Waals surface area contributed by atoms with E-state index >= 15 is 0 Å². The van der Waals surface area contributed by atoms with Crippen molar-refractivity contribution in [3.63, 3.8) is 0 Å². The topological polar surface area (TPSA) is 60.2 Å². The maximum atomic E-state index is 13.8. The van der Waals surface area contributed by atoms with Crippen LogP contribution in [0.2, 0.25) is 5.02 Å². The molecule has 0 aromatic heterocycles. The Morgan fingerprint density at radius 2 is 1.88 bits per heavy atom. The van der Waals surface area contributed by atoms with E-state index in [0.29, 0.717) is 18.6 Å². The van der Waals surface area contributed by atoms with Crippen molar-refractivity contribution in [1.82, 2.24) is 5.32 Å². The van der Waals surface area contributed by atoms with Gasteiger partial charge in [0.2, 0.25) is 5.96 Å². The fourth-order valence-corrected chi connectivity index (χ4v) is 1.71. The Bertz CT molecular complexity index is 624. The molecular weight excluding hydrogens is 360 g/mol. The highest BCUT2D eigenvalue weighted by molar-refractivity contribution is 6.31. The molecule has 0 saturated heterocycles. The van der Waals surface area contributed by atoms with Crippen LogP contribution in [0.15, 0.2) is 17.1 Å². The fraction of sp³-hybridized carbons (Fsp3) is 0.500. The van der Waals surface area contributed by atoms with Crippen LogP contribution < -0.4 is 10.6 Å². The van der Waals surface area contributed by atoms with E-state index in [2.05, 4.69) is 29.5 Å². The number of hydrogen-bond acceptors (Lipinski definition) is 2. The molecule has 25 heavy (non-hydrogen) atoms. The lowest BCUT2D eigenvalue weighted by Crippen LogP contribution is -2.29. The molecule has 0 aliphatic rings. The van der Waals surface area contributed by atoms with E-state index < -0.39 is 28.3 Å². The second-order valence-corrected chi connectivity index (χ2v) is 5.52. The third-order valence-corrected chi connectivity index (χ3v) is 3.04. The normalized spacial score (nSPS) is 12.6. The second-order valence-electron chi connectivity index (χ2n) is 5.11. The summed E-state index contributed by atoms with van der Waals surface area (Å²) in [5.41, 5.74) is -1.67. The number of alkyl halides is 3. The van der Waals surface area contributed by atoms with Crippen molar-refractivity contribution < 1.29 is 17.6 Å². The van der Waals surface area contributed by atoms with Gasteiger partial charge in [0, 0.05) is 0 Å². The summed E-state index contributed by atoms with van der Waals surface area (Å²) in [4.78, 5) is 4.03. The van der Waals surface area contributed by atoms with Crippen molar-refractivity contribution in [2.75, 3.05) is 5.32 Å². The van der Waals surface area contributed by atoms with Gasteiger partial charge in [0.15, 0.2) is 6.19 Å². The zero-order valence-corrected chi connectivity index (χ0v) is 15.2. The fourth-order valence-electron chi connectivity index (χ4n) is 1.45. The number of aliphatic imine (C=N–C) groups is 1. The highest BCUT2D eigenvalue weighted by Crippen LogP contribution is 2.37. The largest absolute Gasteiger partial charge is 0.417 e. The molecule has 0 radical (unpaired) electrons. The summed E-state index contributed by atoms with van der Waals surface area (Å²) in [5, 5.41) is 12.4. The number of guanidine groups is 1. The second kappa shape index (κ2) is 10.8. The molecule has 0 spiro atoms. The first-order valence-corrected chi connectivity index (χ1v) is 8.04. The first kappa shape index (κ1) is 23.0. The van der Waals surface area contributed by atoms with Gasteiger partial charge in [-0.3, -0.25) is 5.32 Å². The van der Waals surface area contributed by atoms with Crippen LogP contribution in [0.1, 0.15) is 46.1 Å². The molecule has 0 aliphatic carbocycles. The number of halogens is 5. The first-order chi connectivity index (χ1) is 11.6. The zero-order chi connectivity index (χ0) is 19.6. The number of rotatable bonds is 3. The Morgan fingerprint density at radius 3 is 2.32 bits per heavy atom. The summed E-state index contributed by atoms with van der Waals surface area (Å²) in [6.07, 6.45) is -1.26. The van der Waals surface area contributed by atoms with E-state index in [1.165, 1.54) is 6.42 Å². The third kappa shape index (κ3) is 8.07. The Hall–Kier alpha value is -2.01. The smallest absolute Gasteiger partial charge is 0.323 e. The van der Waals surface area contributed by atoms with Crippen molar-refractivity contribution in [3.05, 3.63) is 28.5 Å². The van der Waals surface area contributed by atoms with Crippen LogP contribution in [-0.4, -0.2) is 12.0 Å². The molecule has 0 saturated carbocycles. The monoisotopic (exact) mass is 380 g/mol. The molecule has 0 heterocycles. The summed E-state index contributed by atoms with van der Waals surface area (Å²) in [7, 11) is 0. The van der Waals surface area contributed by atoms with E-state index in [9.17, 15) is 17.6 Å². The molecule has 140 valence electrons. The lowest BCUT2D eigenvalue weighted by Gasteiger charge is -2.14. The Morgan fingerprint density at radius 1 is 1.32 bits per heavy atom. The van der Waals surface area contributed by atoms with Crippen LogP contribution in [0.4, 0.5) is 23.2 Å². The van der Waals surface area contributed by atoms with Gasteiger partial charge in [-0.2, -0.15) is 18.4 Å². The summed E-state index contributed by atoms with van der Waals surface area (Å²) in [6.45, 7) is 7.82. The van der Waals surface area contributed by atoms with Crippen LogP contribution in [0.25, 0.3) is 0 Å². The van der Waals surface area contributed by atoms with Crippen molar-refractivity contribution in [2.45, 2.75) is 52.8 Å². The predicted octanol–water partition coefficient (Wildman–Crippen LogP) is 5.55. The van der Waals surface area contributed by atoms with E-state index in [-0.39, 0.29) is 12.0 Å². The molecule has 1 atom stereocenters. The van der Waals surface area contributed by atoms with Gasteiger partial charge in [-0.1, -0.05) is 38.8 Å². The minimum Gasteiger partial charge on any atom is -0.323 e. The first-order valence-electron chi connectivity index (χ1n) is 7.66. The molecule has 0 aliphatic heterocycles. The van der Waals surface area contributed by atoms with Crippen molar-refractivity contribution in [2.24, 2.45) is 4.99 Å². The van der Waals surface area contributed by atoms with Crippen LogP contribution in [0.5, 0.6) is 0 Å². The third-order valence-electron chi connectivity index (χ3n) is 2.73. The molecule has 2 N–H and O–H groups in total. The summed E-state index contributed by atoms with van der Waals surface area (Å²) >= 11 is 5.40. The minimum absolute atomic E-state index is 0.147. The molecule has 9 heteroatoms. The van der Waals surface area contributed by atoms with Crippen LogP contribution in [0.3, 0.4) is 0 Å². The van der Waals surface area contributed by atoms with E-state index in [1.807, 2.05) is 6.92 Å². The highest BCUT2D eigenvalue weighted by Gasteiger charge is 2.34. The molecule has 4 nitrogen and oxygen atoms in total. The summed E-state index contributed by atoms with van der Waals surface area (Å²) < 4.78 is 52.1. The van der Waals surface area contributed by atoms with E-state index in [1.54, 1.807) is 13.1 Å². The van der Waals surface area contributed by atoms with Crippen molar-refractivity contribution >= 4 is 23.2 Å². The SMILES string of the molecule is CCC.CC[C@H](C)N=C(NC#N)Nc1cc(C(F)(F)F)c(Cl)cc1F. The van der Waals surface area contributed by atoms with Crippen LogP contribution >= 0.6 is 11.6 Å². The van der Waals surface area contributed by atoms with Gasteiger partial charge in [0.1, 0.15) is 5.82 Å². The van der Waals surface area contributed by atoms with Crippen LogP contribution in [-0.2, 0) is 6.18 Å². The van der Waals surface area contributed by atoms with Crippen LogP contribution in [0, 0.1) is 17.3 Å². The molecular formula is C16H21ClF4N4. The van der Waals surface area contributed by atoms with Gasteiger partial charge < -0.3 is 5.32 Å². The molecule has 0 fully saturated rings. The number of hydrogen-bond donors (Lipinski definition) is 2. The van der Waals surface area contributed by atoms with Gasteiger partial charge in [0.25, 0.3) is 0 Å². The number of anilines is 1. The van der Waals surface area contributed by atoms with Gasteiger partial charge in [-0.05, 0) is 25.5 Å². The van der Waals surface area contributed by atoms with Crippen molar-refractivity contribution in [3.8, 4) is 6.19 Å². The number of nitriles is 1. The minimum atomic E-state index is -4.72. The quantitative estimate of drug-likeness (QED) is 0.237. The maximum absolute atomic E-state index is 13.8. The zero-order valence-electron chi connectivity index (χ0n) is 14.4. The van der Waals surface area contributed by atoms with Gasteiger partial charge in [0.05, 0.1) is 22.3 Å². The molecule has 0 bridgehead atoms. The molecule has 1 aromatic rings. The average molecular weight is 381 g/mol. The van der Waals surface area contributed by atoms with Crippen molar-refractivity contribution in [1.29, 1.82) is 5.26 Å². The van der Waals surface area contributed by atoms with Gasteiger partial charge in [-0.15, -0.1) is 0 Å². The lowest BCUT2D eigenvalue weighted by atomic mass is 10.2. The van der Waals surface area contributed by atoms with Gasteiger partial charge >= 0.3 is 6.18 Å². The van der Waals surface area contributed by atoms with Gasteiger partial charge in [-0.25, -0.2) is 9.38 Å². The average Bonchev–Trinajstić information content (AvgIpc) is 2.49. The number of benzene rings is 1. The molecule has 0 unspecified atom stereocenters. The Balaban J connectivity index is 0.00000178. The standard InChI is InChI=1S/C13H13ClF4N4.C3H8/c1-3-7(2)21-12(20-6-19)22-11-4-8(13(16,17)18)9(14)5-10(11)15;1-3-2/h4-5,7H,3H2,1-2H3,(H2,20,21,22);3H2,1-2H3/t7-;/m0./s1. The number of nitrogens with one attached hydrogen (secondary N) is 2. The summed E-state index contributed by atoms with van der Waals surface area (Å²) in [5.74, 6) is -1.14. The summed E-state index contributed by atoms with van der Waals surface area (Å²) in [6, 6.07) is 0.879. The highest BCUT2D eigenvalue weighted by atomic mass is 35.5. The molecule has 1 rings (SSSR count). The van der Waals surface area contributed by atoms with E-state index in [4.69, 9.17) is 16.9 Å². The maximum Gasteiger partial charge on any atom is 0.417 e. The molecule has 0 amide bonds. The Labute approximate surface area is 149 Å². The van der Waals surface area contributed by atoms with E-state index in [0.717, 1.165) is 0 Å². The molecule has 1 aromatic carbocycles. The Kier molecular flexibility index (Phi) is 9.91. The lowest BCUT2D eigenvalue weighted by molar-refractivity contribution is -0.137. The predicted molar refractivity (Wildman–Crippen MR) is 91.9 cm³/mol. The number of nitrogens with zero attached hydrogens (tertiary/aromatic N) is 2.